The highest BCUT2D eigenvalue weighted by Gasteiger charge is 2.26. The van der Waals surface area contributed by atoms with Crippen molar-refractivity contribution in [1.82, 2.24) is 0 Å². The molecule has 0 saturated heterocycles. The molecule has 0 aliphatic rings. The number of anilines is 1. The second kappa shape index (κ2) is 10.7. The molecule has 0 heterocycles. The first-order valence-electron chi connectivity index (χ1n) is 9.88. The number of benzene rings is 3. The fourth-order valence-electron chi connectivity index (χ4n) is 3.20. The van der Waals surface area contributed by atoms with Crippen molar-refractivity contribution >= 4 is 23.2 Å². The number of ether oxygens (including phenoxy) is 4. The minimum atomic E-state index is -0.445. The second-order valence-electron chi connectivity index (χ2n) is 6.74. The molecule has 0 spiro atoms. The van der Waals surface area contributed by atoms with Crippen LogP contribution in [0.25, 0.3) is 0 Å². The fraction of sp³-hybridized carbons (Fsp3) is 0.208. The molecule has 7 nitrogen and oxygen atoms in total. The zero-order chi connectivity index (χ0) is 23.1. The summed E-state index contributed by atoms with van der Waals surface area (Å²) in [5.41, 5.74) is 7.37. The molecule has 3 N–H and O–H groups in total. The van der Waals surface area contributed by atoms with Crippen molar-refractivity contribution in [2.75, 3.05) is 33.2 Å². The summed E-state index contributed by atoms with van der Waals surface area (Å²) in [5, 5.41) is 3.20. The van der Waals surface area contributed by atoms with Gasteiger partial charge in [-0.2, -0.15) is 0 Å². The van der Waals surface area contributed by atoms with Crippen LogP contribution in [0.4, 0.5) is 5.69 Å². The third-order valence-corrected chi connectivity index (χ3v) is 5.05. The van der Waals surface area contributed by atoms with E-state index in [0.29, 0.717) is 34.5 Å². The summed E-state index contributed by atoms with van der Waals surface area (Å²) in [6.45, 7) is 0.563. The molecule has 3 aromatic carbocycles. The van der Waals surface area contributed by atoms with Crippen molar-refractivity contribution < 1.29 is 23.7 Å². The van der Waals surface area contributed by atoms with Crippen LogP contribution < -0.4 is 30.0 Å². The molecule has 3 rings (SSSR count). The maximum atomic E-state index is 13.1. The van der Waals surface area contributed by atoms with E-state index in [9.17, 15) is 4.79 Å². The Balaban J connectivity index is 2.03. The Bertz CT molecular complexity index is 1090. The van der Waals surface area contributed by atoms with E-state index in [2.05, 4.69) is 5.32 Å². The minimum absolute atomic E-state index is 0.194. The van der Waals surface area contributed by atoms with Crippen molar-refractivity contribution in [3.63, 3.8) is 0 Å². The first-order chi connectivity index (χ1) is 15.5. The molecule has 3 aromatic rings. The first-order valence-corrected chi connectivity index (χ1v) is 10.3. The first kappa shape index (κ1) is 23.2. The third kappa shape index (κ3) is 5.07. The van der Waals surface area contributed by atoms with E-state index in [1.54, 1.807) is 30.3 Å². The van der Waals surface area contributed by atoms with E-state index in [1.165, 1.54) is 21.3 Å². The highest BCUT2D eigenvalue weighted by atomic mass is 35.5. The van der Waals surface area contributed by atoms with Crippen LogP contribution in [-0.4, -0.2) is 33.8 Å². The summed E-state index contributed by atoms with van der Waals surface area (Å²) in [4.78, 5) is 13.1. The van der Waals surface area contributed by atoms with Crippen molar-refractivity contribution in [1.29, 1.82) is 0 Å². The predicted molar refractivity (Wildman–Crippen MR) is 125 cm³/mol. The number of carbonyl (C=O) groups excluding carboxylic acids is 1. The molecule has 0 aromatic heterocycles. The van der Waals surface area contributed by atoms with Crippen LogP contribution in [0.5, 0.6) is 28.7 Å². The van der Waals surface area contributed by atoms with Gasteiger partial charge in [0.05, 0.1) is 37.6 Å². The number of methoxy groups -OCH3 is 3. The van der Waals surface area contributed by atoms with E-state index in [1.807, 2.05) is 24.3 Å². The molecule has 1 amide bonds. The summed E-state index contributed by atoms with van der Waals surface area (Å²) >= 11 is 6.19. The van der Waals surface area contributed by atoms with E-state index in [4.69, 9.17) is 36.3 Å². The second-order valence-corrected chi connectivity index (χ2v) is 7.15. The van der Waals surface area contributed by atoms with Gasteiger partial charge in [0.25, 0.3) is 5.91 Å². The Kier molecular flexibility index (Phi) is 7.81. The van der Waals surface area contributed by atoms with E-state index in [0.717, 1.165) is 12.0 Å². The van der Waals surface area contributed by atoms with Gasteiger partial charge in [0, 0.05) is 6.07 Å². The van der Waals surface area contributed by atoms with Gasteiger partial charge in [-0.15, -0.1) is 0 Å². The average Bonchev–Trinajstić information content (AvgIpc) is 2.81. The van der Waals surface area contributed by atoms with Crippen LogP contribution in [0, 0.1) is 0 Å². The number of nitrogens with one attached hydrogen (secondary N) is 1. The van der Waals surface area contributed by atoms with Crippen LogP contribution in [0.2, 0.25) is 5.02 Å². The smallest absolute Gasteiger partial charge is 0.259 e. The largest absolute Gasteiger partial charge is 0.492 e. The van der Waals surface area contributed by atoms with Crippen LogP contribution in [0.3, 0.4) is 0 Å². The molecule has 0 atom stereocenters. The molecule has 32 heavy (non-hydrogen) atoms. The topological polar surface area (TPSA) is 92.0 Å². The summed E-state index contributed by atoms with van der Waals surface area (Å²) in [7, 11) is 4.39. The van der Waals surface area contributed by atoms with Gasteiger partial charge >= 0.3 is 0 Å². The highest BCUT2D eigenvalue weighted by Crippen LogP contribution is 2.48. The molecule has 0 fully saturated rings. The molecule has 0 aliphatic heterocycles. The Hall–Kier alpha value is -3.42. The van der Waals surface area contributed by atoms with Gasteiger partial charge in [-0.25, -0.2) is 0 Å². The summed E-state index contributed by atoms with van der Waals surface area (Å²) < 4.78 is 22.5. The van der Waals surface area contributed by atoms with E-state index >= 15 is 0 Å². The highest BCUT2D eigenvalue weighted by molar-refractivity contribution is 6.34. The lowest BCUT2D eigenvalue weighted by atomic mass is 10.1. The van der Waals surface area contributed by atoms with E-state index < -0.39 is 5.91 Å². The normalized spacial score (nSPS) is 10.4. The van der Waals surface area contributed by atoms with Crippen molar-refractivity contribution in [3.8, 4) is 28.7 Å². The van der Waals surface area contributed by atoms with Gasteiger partial charge in [0.15, 0.2) is 11.5 Å². The molecule has 8 heteroatoms. The maximum absolute atomic E-state index is 13.1. The van der Waals surface area contributed by atoms with Crippen molar-refractivity contribution in [2.24, 2.45) is 5.73 Å². The fourth-order valence-corrected chi connectivity index (χ4v) is 3.38. The van der Waals surface area contributed by atoms with Crippen LogP contribution in [0.1, 0.15) is 15.9 Å². The molecule has 0 saturated carbocycles. The molecule has 0 aliphatic carbocycles. The van der Waals surface area contributed by atoms with Crippen molar-refractivity contribution in [3.05, 3.63) is 70.7 Å². The van der Waals surface area contributed by atoms with Crippen molar-refractivity contribution in [2.45, 2.75) is 6.42 Å². The van der Waals surface area contributed by atoms with Crippen LogP contribution in [0.15, 0.2) is 54.6 Å². The average molecular weight is 457 g/mol. The molecular formula is C24H25ClN2O5. The van der Waals surface area contributed by atoms with Crippen LogP contribution >= 0.6 is 11.6 Å². The SMILES string of the molecule is COc1c(Oc2ccc(CCN)cc2)cc(C(=O)Nc2ccccc2Cl)c(OC)c1OC. The van der Waals surface area contributed by atoms with Gasteiger partial charge < -0.3 is 30.0 Å². The van der Waals surface area contributed by atoms with Gasteiger partial charge in [-0.3, -0.25) is 4.79 Å². The van der Waals surface area contributed by atoms with Gasteiger partial charge in [0.1, 0.15) is 5.75 Å². The number of hydrogen-bond acceptors (Lipinski definition) is 6. The predicted octanol–water partition coefficient (Wildman–Crippen LogP) is 4.91. The quantitative estimate of drug-likeness (QED) is 0.475. The van der Waals surface area contributed by atoms with Gasteiger partial charge in [-0.05, 0) is 42.8 Å². The lowest BCUT2D eigenvalue weighted by molar-refractivity contribution is 0.102. The Morgan fingerprint density at radius 1 is 0.938 bits per heavy atom. The zero-order valence-corrected chi connectivity index (χ0v) is 18.9. The summed E-state index contributed by atoms with van der Waals surface area (Å²) in [6.07, 6.45) is 0.770. The number of rotatable bonds is 9. The number of amides is 1. The Labute approximate surface area is 192 Å². The number of halogens is 1. The number of carbonyl (C=O) groups is 1. The molecule has 0 radical (unpaired) electrons. The summed E-state index contributed by atoms with van der Waals surface area (Å²) in [6, 6.07) is 16.0. The standard InChI is InChI=1S/C24H25ClN2O5/c1-29-21-17(24(28)27-19-7-5-4-6-18(19)25)14-20(22(30-2)23(21)31-3)32-16-10-8-15(9-11-16)12-13-26/h4-11,14H,12-13,26H2,1-3H3,(H,27,28). The Morgan fingerprint density at radius 2 is 1.59 bits per heavy atom. The minimum Gasteiger partial charge on any atom is -0.492 e. The maximum Gasteiger partial charge on any atom is 0.259 e. The molecule has 168 valence electrons. The molecular weight excluding hydrogens is 432 g/mol. The zero-order valence-electron chi connectivity index (χ0n) is 18.1. The Morgan fingerprint density at radius 3 is 2.19 bits per heavy atom. The number of hydrogen-bond donors (Lipinski definition) is 2. The monoisotopic (exact) mass is 456 g/mol. The van der Waals surface area contributed by atoms with Gasteiger partial charge in [0.2, 0.25) is 11.5 Å². The number of para-hydroxylation sites is 1. The van der Waals surface area contributed by atoms with Gasteiger partial charge in [-0.1, -0.05) is 35.9 Å². The summed E-state index contributed by atoms with van der Waals surface area (Å²) in [5.74, 6) is 1.15. The lowest BCUT2D eigenvalue weighted by Gasteiger charge is -2.19. The molecule has 0 bridgehead atoms. The number of nitrogens with two attached hydrogens (primary N) is 1. The molecule has 0 unspecified atom stereocenters. The lowest BCUT2D eigenvalue weighted by Crippen LogP contribution is -2.14. The van der Waals surface area contributed by atoms with Crippen LogP contribution in [-0.2, 0) is 6.42 Å². The van der Waals surface area contributed by atoms with E-state index in [-0.39, 0.29) is 17.1 Å². The third-order valence-electron chi connectivity index (χ3n) is 4.72.